The minimum Gasteiger partial charge on any atom is -0.303 e. The summed E-state index contributed by atoms with van der Waals surface area (Å²) in [6, 6.07) is 8.57. The third-order valence-corrected chi connectivity index (χ3v) is 4.85. The van der Waals surface area contributed by atoms with Crippen molar-refractivity contribution in [2.24, 2.45) is 13.0 Å². The van der Waals surface area contributed by atoms with Crippen molar-refractivity contribution in [2.45, 2.75) is 44.7 Å². The highest BCUT2D eigenvalue weighted by molar-refractivity contribution is 6.30. The van der Waals surface area contributed by atoms with Crippen molar-refractivity contribution in [1.82, 2.24) is 20.1 Å². The summed E-state index contributed by atoms with van der Waals surface area (Å²) in [5.74, 6) is 1.63. The number of nitrogens with zero attached hydrogens (tertiary/aromatic N) is 3. The molecule has 1 N–H and O–H groups in total. The molecule has 2 aromatic rings. The van der Waals surface area contributed by atoms with Gasteiger partial charge in [0.05, 0.1) is 6.54 Å². The number of aryl methyl sites for hydroxylation is 1. The number of benzene rings is 1. The Labute approximate surface area is 136 Å². The van der Waals surface area contributed by atoms with Gasteiger partial charge < -0.3 is 5.32 Å². The van der Waals surface area contributed by atoms with Crippen molar-refractivity contribution in [2.75, 3.05) is 0 Å². The van der Waals surface area contributed by atoms with E-state index in [0.717, 1.165) is 17.4 Å². The zero-order valence-corrected chi connectivity index (χ0v) is 13.8. The predicted molar refractivity (Wildman–Crippen MR) is 88.6 cm³/mol. The van der Waals surface area contributed by atoms with E-state index in [0.29, 0.717) is 12.0 Å². The number of aromatic nitrogens is 3. The first kappa shape index (κ1) is 15.5. The molecule has 1 aliphatic carbocycles. The third-order valence-electron chi connectivity index (χ3n) is 4.61. The van der Waals surface area contributed by atoms with Crippen molar-refractivity contribution in [3.05, 3.63) is 47.0 Å². The summed E-state index contributed by atoms with van der Waals surface area (Å²) in [5.41, 5.74) is 1.28. The Balaban J connectivity index is 1.77. The van der Waals surface area contributed by atoms with Gasteiger partial charge >= 0.3 is 0 Å². The normalized spacial score (nSPS) is 17.5. The highest BCUT2D eigenvalue weighted by atomic mass is 35.5. The van der Waals surface area contributed by atoms with Gasteiger partial charge in [0.15, 0.2) is 0 Å². The van der Waals surface area contributed by atoms with Gasteiger partial charge in [0.1, 0.15) is 12.2 Å². The van der Waals surface area contributed by atoms with Gasteiger partial charge in [-0.25, -0.2) is 4.98 Å². The second kappa shape index (κ2) is 7.25. The topological polar surface area (TPSA) is 42.7 Å². The Morgan fingerprint density at radius 3 is 2.82 bits per heavy atom. The maximum absolute atomic E-state index is 6.20. The van der Waals surface area contributed by atoms with E-state index in [-0.39, 0.29) is 0 Å². The first-order valence-corrected chi connectivity index (χ1v) is 8.43. The van der Waals surface area contributed by atoms with Crippen LogP contribution in [0.4, 0.5) is 0 Å². The highest BCUT2D eigenvalue weighted by Gasteiger charge is 2.25. The summed E-state index contributed by atoms with van der Waals surface area (Å²) < 4.78 is 1.82. The minimum absolute atomic E-state index is 0.329. The molecule has 22 heavy (non-hydrogen) atoms. The van der Waals surface area contributed by atoms with E-state index in [1.807, 2.05) is 23.9 Å². The van der Waals surface area contributed by atoms with Crippen molar-refractivity contribution < 1.29 is 0 Å². The Morgan fingerprint density at radius 2 is 2.14 bits per heavy atom. The summed E-state index contributed by atoms with van der Waals surface area (Å²) in [4.78, 5) is 4.31. The molecule has 0 spiro atoms. The van der Waals surface area contributed by atoms with Gasteiger partial charge in [-0.1, -0.05) is 43.0 Å². The fourth-order valence-electron chi connectivity index (χ4n) is 3.41. The van der Waals surface area contributed by atoms with Crippen LogP contribution in [0.3, 0.4) is 0 Å². The lowest BCUT2D eigenvalue weighted by atomic mass is 9.81. The Bertz CT molecular complexity index is 604. The van der Waals surface area contributed by atoms with Crippen LogP contribution < -0.4 is 5.32 Å². The summed E-state index contributed by atoms with van der Waals surface area (Å²) in [7, 11) is 1.93. The zero-order valence-electron chi connectivity index (χ0n) is 13.0. The molecule has 1 aromatic carbocycles. The molecule has 0 aliphatic heterocycles. The van der Waals surface area contributed by atoms with E-state index in [4.69, 9.17) is 11.6 Å². The molecule has 1 fully saturated rings. The van der Waals surface area contributed by atoms with Crippen molar-refractivity contribution in [1.29, 1.82) is 0 Å². The molecule has 3 rings (SSSR count). The molecule has 1 heterocycles. The van der Waals surface area contributed by atoms with E-state index >= 15 is 0 Å². The number of rotatable bonds is 5. The number of halogens is 1. The minimum atomic E-state index is 0.329. The Morgan fingerprint density at radius 1 is 1.32 bits per heavy atom. The molecule has 1 aromatic heterocycles. The van der Waals surface area contributed by atoms with E-state index in [9.17, 15) is 0 Å². The van der Waals surface area contributed by atoms with Crippen molar-refractivity contribution in [3.63, 3.8) is 0 Å². The number of hydrogen-bond donors (Lipinski definition) is 1. The molecule has 118 valence electrons. The van der Waals surface area contributed by atoms with Crippen LogP contribution in [0.2, 0.25) is 5.02 Å². The van der Waals surface area contributed by atoms with Crippen LogP contribution in [0, 0.1) is 5.92 Å². The van der Waals surface area contributed by atoms with Crippen LogP contribution in [-0.2, 0) is 13.6 Å². The lowest BCUT2D eigenvalue weighted by molar-refractivity contribution is 0.268. The maximum Gasteiger partial charge on any atom is 0.140 e. The quantitative estimate of drug-likeness (QED) is 0.909. The molecular formula is C17H23ClN4. The monoisotopic (exact) mass is 318 g/mol. The molecule has 0 radical (unpaired) electrons. The van der Waals surface area contributed by atoms with Gasteiger partial charge in [0, 0.05) is 18.1 Å². The van der Waals surface area contributed by atoms with Crippen LogP contribution in [0.25, 0.3) is 0 Å². The molecule has 1 atom stereocenters. The van der Waals surface area contributed by atoms with E-state index in [1.165, 1.54) is 37.7 Å². The number of hydrogen-bond acceptors (Lipinski definition) is 3. The SMILES string of the molecule is Cn1ncnc1CNC(c1cccc(Cl)c1)C1CCCCC1. The van der Waals surface area contributed by atoms with Crippen LogP contribution in [0.5, 0.6) is 0 Å². The average molecular weight is 319 g/mol. The van der Waals surface area contributed by atoms with Gasteiger partial charge in [-0.05, 0) is 36.5 Å². The van der Waals surface area contributed by atoms with E-state index in [1.54, 1.807) is 6.33 Å². The van der Waals surface area contributed by atoms with Crippen LogP contribution in [0.1, 0.15) is 49.5 Å². The second-order valence-electron chi connectivity index (χ2n) is 6.11. The predicted octanol–water partition coefficient (Wildman–Crippen LogP) is 3.88. The summed E-state index contributed by atoms with van der Waals surface area (Å²) in [6.07, 6.45) is 8.18. The first-order valence-electron chi connectivity index (χ1n) is 8.06. The zero-order chi connectivity index (χ0) is 15.4. The van der Waals surface area contributed by atoms with Gasteiger partial charge in [-0.15, -0.1) is 0 Å². The summed E-state index contributed by atoms with van der Waals surface area (Å²) in [6.45, 7) is 0.726. The lowest BCUT2D eigenvalue weighted by Crippen LogP contribution is -2.30. The maximum atomic E-state index is 6.20. The second-order valence-corrected chi connectivity index (χ2v) is 6.55. The van der Waals surface area contributed by atoms with Crippen molar-refractivity contribution >= 4 is 11.6 Å². The number of nitrogens with one attached hydrogen (secondary N) is 1. The van der Waals surface area contributed by atoms with Crippen LogP contribution >= 0.6 is 11.6 Å². The summed E-state index contributed by atoms with van der Waals surface area (Å²) in [5, 5.41) is 8.64. The van der Waals surface area contributed by atoms with Crippen molar-refractivity contribution in [3.8, 4) is 0 Å². The average Bonchev–Trinajstić information content (AvgIpc) is 2.94. The van der Waals surface area contributed by atoms with Crippen LogP contribution in [-0.4, -0.2) is 14.8 Å². The van der Waals surface area contributed by atoms with Gasteiger partial charge in [-0.2, -0.15) is 5.10 Å². The fourth-order valence-corrected chi connectivity index (χ4v) is 3.60. The third kappa shape index (κ3) is 3.68. The van der Waals surface area contributed by atoms with Gasteiger partial charge in [0.2, 0.25) is 0 Å². The molecule has 4 nitrogen and oxygen atoms in total. The molecule has 0 bridgehead atoms. The van der Waals surface area contributed by atoms with E-state index < -0.39 is 0 Å². The molecular weight excluding hydrogens is 296 g/mol. The van der Waals surface area contributed by atoms with Crippen LogP contribution in [0.15, 0.2) is 30.6 Å². The van der Waals surface area contributed by atoms with Gasteiger partial charge in [0.25, 0.3) is 0 Å². The molecule has 0 amide bonds. The molecule has 1 saturated carbocycles. The lowest BCUT2D eigenvalue weighted by Gasteiger charge is -2.31. The summed E-state index contributed by atoms with van der Waals surface area (Å²) >= 11 is 6.20. The fraction of sp³-hybridized carbons (Fsp3) is 0.529. The Kier molecular flexibility index (Phi) is 5.11. The largest absolute Gasteiger partial charge is 0.303 e. The molecule has 1 aliphatic rings. The van der Waals surface area contributed by atoms with Gasteiger partial charge in [-0.3, -0.25) is 4.68 Å². The first-order chi connectivity index (χ1) is 10.7. The Hall–Kier alpha value is -1.39. The van der Waals surface area contributed by atoms with E-state index in [2.05, 4.69) is 27.5 Å². The molecule has 5 heteroatoms. The molecule has 0 saturated heterocycles. The standard InChI is InChI=1S/C17H23ClN4/c1-22-16(20-12-21-22)11-19-17(13-6-3-2-4-7-13)14-8-5-9-15(18)10-14/h5,8-10,12-13,17,19H,2-4,6-7,11H2,1H3. The molecule has 1 unspecified atom stereocenters. The smallest absolute Gasteiger partial charge is 0.140 e. The highest BCUT2D eigenvalue weighted by Crippen LogP contribution is 2.35.